The average molecular weight is 726 g/mol. The van der Waals surface area contributed by atoms with Crippen molar-refractivity contribution in [1.82, 2.24) is 0 Å². The van der Waals surface area contributed by atoms with Gasteiger partial charge >= 0.3 is 54.6 Å². The van der Waals surface area contributed by atoms with Crippen LogP contribution < -0.4 is 31.8 Å². The van der Waals surface area contributed by atoms with Gasteiger partial charge in [-0.3, -0.25) is 0 Å². The molecule has 6 aromatic carbocycles. The Hall–Kier alpha value is -3.43. The molecule has 0 nitrogen and oxygen atoms in total. The van der Waals surface area contributed by atoms with Crippen LogP contribution in [0.5, 0.6) is 0 Å². The topological polar surface area (TPSA) is 0 Å². The average Bonchev–Trinajstić information content (AvgIpc) is 3.67. The second-order valence-corrected chi connectivity index (χ2v) is 16.7. The van der Waals surface area contributed by atoms with Crippen molar-refractivity contribution in [2.45, 2.75) is 6.42 Å². The monoisotopic (exact) mass is 726 g/mol. The summed E-state index contributed by atoms with van der Waals surface area (Å²) in [5.41, 5.74) is 0. The summed E-state index contributed by atoms with van der Waals surface area (Å²) in [6.45, 7) is 0. The molecule has 0 aliphatic heterocycles. The van der Waals surface area contributed by atoms with Crippen molar-refractivity contribution in [2.75, 3.05) is 0 Å². The molecule has 0 atom stereocenters. The minimum atomic E-state index is -0.446. The molecule has 0 saturated carbocycles. The smallest absolute Gasteiger partial charge is 0.0134 e. The number of allylic oxidation sites excluding steroid dienone is 4. The van der Waals surface area contributed by atoms with Crippen LogP contribution in [0.15, 0.2) is 204 Å². The zero-order chi connectivity index (χ0) is 30.9. The summed E-state index contributed by atoms with van der Waals surface area (Å²) in [6, 6.07) is 64.7. The van der Waals surface area contributed by atoms with Crippen LogP contribution in [0.1, 0.15) is 6.42 Å². The van der Waals surface area contributed by atoms with E-state index in [-0.39, 0.29) is 16.1 Å². The molecule has 0 aromatic heterocycles. The molecule has 0 N–H and O–H groups in total. The summed E-state index contributed by atoms with van der Waals surface area (Å²) in [5, 5.41) is 8.39. The van der Waals surface area contributed by atoms with E-state index in [0.717, 1.165) is 6.42 Å². The van der Waals surface area contributed by atoms with Gasteiger partial charge in [-0.05, 0) is 47.7 Å². The number of benzene rings is 6. The third-order valence-electron chi connectivity index (χ3n) is 6.89. The number of halogens is 1. The molecule has 6 aromatic rings. The fourth-order valence-corrected chi connectivity index (χ4v) is 10.6. The normalized spacial score (nSPS) is 11.8. The van der Waals surface area contributed by atoms with E-state index >= 15 is 0 Å². The maximum Gasteiger partial charge on any atom is -0.0134 e. The molecule has 0 heterocycles. The Kier molecular flexibility index (Phi) is 13.6. The van der Waals surface area contributed by atoms with E-state index in [1.165, 1.54) is 36.0 Å². The molecule has 7 rings (SSSR count). The second-order valence-electron chi connectivity index (χ2n) is 9.98. The summed E-state index contributed by atoms with van der Waals surface area (Å²) in [6.07, 6.45) is 7.39. The Labute approximate surface area is 282 Å². The summed E-state index contributed by atoms with van der Waals surface area (Å²) in [5.74, 6) is 0. The van der Waals surface area contributed by atoms with Gasteiger partial charge in [0, 0.05) is 0 Å². The van der Waals surface area contributed by atoms with E-state index in [4.69, 9.17) is 9.69 Å². The van der Waals surface area contributed by atoms with E-state index in [2.05, 4.69) is 200 Å². The predicted octanol–water partition coefficient (Wildman–Crippen LogP) is 8.96. The van der Waals surface area contributed by atoms with Crippen LogP contribution in [0.25, 0.3) is 0 Å². The van der Waals surface area contributed by atoms with Crippen molar-refractivity contribution in [3.8, 4) is 0 Å². The van der Waals surface area contributed by atoms with Crippen LogP contribution in [-0.2, 0) is 16.1 Å². The maximum atomic E-state index is 5.59. The standard InChI is InChI=1S/2C18H15P.C5H5.ClH.Ru/c2*1-4-10-16(11-5-1)19(17-12-6-2-7-13-17)18-14-8-3-9-15-18;1-2-4-5-3-1;;/h2*1-15H;1-3H,4H2;1H;/q;;;;+1/p-1. The molecule has 45 heavy (non-hydrogen) atoms. The molecule has 0 spiro atoms. The Morgan fingerprint density at radius 2 is 0.622 bits per heavy atom. The largest absolute Gasteiger partial charge is 0.0622 e. The Morgan fingerprint density at radius 3 is 0.778 bits per heavy atom. The summed E-state index contributed by atoms with van der Waals surface area (Å²) >= 11 is 0.0225. The second kappa shape index (κ2) is 18.5. The zero-order valence-electron chi connectivity index (χ0n) is 24.9. The molecule has 0 amide bonds. The third-order valence-corrected chi connectivity index (χ3v) is 13.9. The number of rotatable bonds is 7. The predicted molar refractivity (Wildman–Crippen MR) is 198 cm³/mol. The quantitative estimate of drug-likeness (QED) is 0.114. The summed E-state index contributed by atoms with van der Waals surface area (Å²) in [7, 11) is 4.70. The number of hydrogen-bond acceptors (Lipinski definition) is 0. The first-order valence-electron chi connectivity index (χ1n) is 14.8. The molecule has 0 radical (unpaired) electrons. The Morgan fingerprint density at radius 1 is 0.378 bits per heavy atom. The summed E-state index contributed by atoms with van der Waals surface area (Å²) < 4.78 is 1.41. The van der Waals surface area contributed by atoms with Gasteiger partial charge in [0.1, 0.15) is 0 Å². The molecule has 0 saturated heterocycles. The Bertz CT molecular complexity index is 1420. The van der Waals surface area contributed by atoms with Gasteiger partial charge in [0.25, 0.3) is 0 Å². The van der Waals surface area contributed by atoms with E-state index in [1.807, 2.05) is 0 Å². The van der Waals surface area contributed by atoms with E-state index in [0.29, 0.717) is 0 Å². The Balaban J connectivity index is 0.000000147. The van der Waals surface area contributed by atoms with Gasteiger partial charge in [-0.15, -0.1) is 0 Å². The van der Waals surface area contributed by atoms with Crippen molar-refractivity contribution >= 4 is 57.4 Å². The molecule has 1 aliphatic rings. The minimum Gasteiger partial charge on any atom is -0.0622 e. The van der Waals surface area contributed by atoms with Crippen LogP contribution >= 0.6 is 25.5 Å². The van der Waals surface area contributed by atoms with Crippen molar-refractivity contribution in [1.29, 1.82) is 0 Å². The van der Waals surface area contributed by atoms with E-state index in [1.54, 1.807) is 0 Å². The minimum absolute atomic E-state index is 0.0225. The van der Waals surface area contributed by atoms with Gasteiger partial charge in [-0.1, -0.05) is 182 Å². The van der Waals surface area contributed by atoms with Gasteiger partial charge in [0.2, 0.25) is 0 Å². The van der Waals surface area contributed by atoms with Gasteiger partial charge in [0.15, 0.2) is 0 Å². The van der Waals surface area contributed by atoms with E-state index in [9.17, 15) is 0 Å². The number of hydrogen-bond donors (Lipinski definition) is 0. The molecule has 4 heteroatoms. The molecule has 1 aliphatic carbocycles. The molecule has 0 fully saturated rings. The van der Waals surface area contributed by atoms with Gasteiger partial charge in [-0.25, -0.2) is 0 Å². The van der Waals surface area contributed by atoms with E-state index < -0.39 is 15.8 Å². The first-order chi connectivity index (χ1) is 22.3. The molecule has 224 valence electrons. The van der Waals surface area contributed by atoms with Crippen LogP contribution in [-0.4, -0.2) is 0 Å². The van der Waals surface area contributed by atoms with Crippen molar-refractivity contribution in [3.05, 3.63) is 204 Å². The van der Waals surface area contributed by atoms with Crippen LogP contribution in [0, 0.1) is 0 Å². The van der Waals surface area contributed by atoms with Crippen molar-refractivity contribution < 1.29 is 16.1 Å². The maximum absolute atomic E-state index is 5.59. The first kappa shape index (κ1) is 33.0. The molecule has 0 unspecified atom stereocenters. The SMILES string of the molecule is [Cl][Ru][C]1=CC=CC1.c1ccc(P(c2ccccc2)c2ccccc2)cc1.c1ccc(P(c2ccccc2)c2ccccc2)cc1. The van der Waals surface area contributed by atoms with Gasteiger partial charge < -0.3 is 0 Å². The molecular formula is C41H35ClP2Ru. The third kappa shape index (κ3) is 10.0. The van der Waals surface area contributed by atoms with Crippen molar-refractivity contribution in [3.63, 3.8) is 0 Å². The fourth-order valence-electron chi connectivity index (χ4n) is 4.82. The van der Waals surface area contributed by atoms with Crippen LogP contribution in [0.4, 0.5) is 0 Å². The first-order valence-corrected chi connectivity index (χ1v) is 20.6. The molecule has 0 bridgehead atoms. The fraction of sp³-hybridized carbons (Fsp3) is 0.0244. The zero-order valence-corrected chi connectivity index (χ0v) is 29.2. The molecular weight excluding hydrogens is 691 g/mol. The van der Waals surface area contributed by atoms with Crippen LogP contribution in [0.2, 0.25) is 0 Å². The van der Waals surface area contributed by atoms with Gasteiger partial charge in [0.05, 0.1) is 0 Å². The van der Waals surface area contributed by atoms with Crippen molar-refractivity contribution in [2.24, 2.45) is 0 Å². The summed E-state index contributed by atoms with van der Waals surface area (Å²) in [4.78, 5) is 0. The van der Waals surface area contributed by atoms with Crippen LogP contribution in [0.3, 0.4) is 0 Å². The van der Waals surface area contributed by atoms with Gasteiger partial charge in [-0.2, -0.15) is 0 Å².